The summed E-state index contributed by atoms with van der Waals surface area (Å²) in [5.74, 6) is 0.0778. The first-order valence-electron chi connectivity index (χ1n) is 11.0. The van der Waals surface area contributed by atoms with Crippen molar-refractivity contribution in [1.29, 1.82) is 0 Å². The second-order valence-electron chi connectivity index (χ2n) is 7.95. The summed E-state index contributed by atoms with van der Waals surface area (Å²) in [6.45, 7) is 2.85. The minimum Gasteiger partial charge on any atom is -0.381 e. The lowest BCUT2D eigenvalue weighted by Gasteiger charge is -2.34. The van der Waals surface area contributed by atoms with E-state index in [1.165, 1.54) is 0 Å². The highest BCUT2D eigenvalue weighted by Gasteiger charge is 2.32. The van der Waals surface area contributed by atoms with Crippen molar-refractivity contribution in [3.63, 3.8) is 0 Å². The molecule has 0 saturated carbocycles. The van der Waals surface area contributed by atoms with Crippen LogP contribution in [0.15, 0.2) is 30.6 Å². The fourth-order valence-electron chi connectivity index (χ4n) is 3.90. The third-order valence-corrected chi connectivity index (χ3v) is 5.77. The van der Waals surface area contributed by atoms with Gasteiger partial charge in [0.15, 0.2) is 0 Å². The highest BCUT2D eigenvalue weighted by molar-refractivity contribution is 6.01. The van der Waals surface area contributed by atoms with Crippen LogP contribution in [0, 0.1) is 0 Å². The minimum absolute atomic E-state index is 0.0385. The minimum atomic E-state index is -4.47. The molecule has 4 rings (SSSR count). The van der Waals surface area contributed by atoms with E-state index in [-0.39, 0.29) is 30.8 Å². The number of anilines is 2. The van der Waals surface area contributed by atoms with Crippen LogP contribution < -0.4 is 15.5 Å². The van der Waals surface area contributed by atoms with Gasteiger partial charge >= 0.3 is 6.18 Å². The second kappa shape index (κ2) is 10.2. The topological polar surface area (TPSA) is 99.7 Å². The lowest BCUT2D eigenvalue weighted by molar-refractivity contribution is -0.138. The number of rotatable bonds is 7. The molecule has 0 spiro atoms. The van der Waals surface area contributed by atoms with E-state index < -0.39 is 11.7 Å². The molecule has 2 aliphatic heterocycles. The maximum Gasteiger partial charge on any atom is 0.419 e. The largest absolute Gasteiger partial charge is 0.419 e. The second-order valence-corrected chi connectivity index (χ2v) is 7.95. The predicted octanol–water partition coefficient (Wildman–Crippen LogP) is 1.91. The predicted molar refractivity (Wildman–Crippen MR) is 117 cm³/mol. The molecule has 34 heavy (non-hydrogen) atoms. The zero-order valence-electron chi connectivity index (χ0n) is 18.4. The number of piperazine rings is 1. The summed E-state index contributed by atoms with van der Waals surface area (Å²) < 4.78 is 43.6. The molecule has 1 aromatic heterocycles. The van der Waals surface area contributed by atoms with E-state index in [0.29, 0.717) is 51.4 Å². The number of nitrogens with one attached hydrogen (secondary N) is 2. The van der Waals surface area contributed by atoms with Crippen molar-refractivity contribution >= 4 is 23.5 Å². The Hall–Kier alpha value is -3.41. The smallest absolute Gasteiger partial charge is 0.381 e. The van der Waals surface area contributed by atoms with Gasteiger partial charge in [0.25, 0.3) is 5.91 Å². The van der Waals surface area contributed by atoms with E-state index in [1.807, 2.05) is 12.1 Å². The average molecular weight is 478 g/mol. The van der Waals surface area contributed by atoms with Crippen LogP contribution in [0.5, 0.6) is 0 Å². The van der Waals surface area contributed by atoms with Crippen molar-refractivity contribution in [2.45, 2.75) is 19.0 Å². The molecular weight excluding hydrogens is 453 g/mol. The van der Waals surface area contributed by atoms with Gasteiger partial charge in [-0.05, 0) is 18.1 Å². The number of benzene rings is 1. The number of ether oxygens (including phenoxy) is 1. The van der Waals surface area contributed by atoms with Gasteiger partial charge in [-0.15, -0.1) is 0 Å². The van der Waals surface area contributed by atoms with Crippen molar-refractivity contribution in [1.82, 2.24) is 20.2 Å². The Morgan fingerprint density at radius 3 is 2.50 bits per heavy atom. The van der Waals surface area contributed by atoms with Crippen molar-refractivity contribution in [3.05, 3.63) is 47.3 Å². The van der Waals surface area contributed by atoms with Crippen LogP contribution in [0.4, 0.5) is 24.8 Å². The molecule has 1 aromatic carbocycles. The number of aromatic nitrogens is 2. The molecule has 0 aliphatic carbocycles. The first-order valence-corrected chi connectivity index (χ1v) is 11.0. The number of para-hydroxylation sites is 1. The van der Waals surface area contributed by atoms with E-state index in [2.05, 4.69) is 20.6 Å². The molecule has 0 atom stereocenters. The number of halogens is 3. The van der Waals surface area contributed by atoms with Gasteiger partial charge in [0.05, 0.1) is 43.1 Å². The van der Waals surface area contributed by atoms with Crippen molar-refractivity contribution in [3.8, 4) is 0 Å². The van der Waals surface area contributed by atoms with Crippen LogP contribution in [0.3, 0.4) is 0 Å². The van der Waals surface area contributed by atoms with Gasteiger partial charge in [-0.3, -0.25) is 9.59 Å². The summed E-state index contributed by atoms with van der Waals surface area (Å²) in [6.07, 6.45) is -2.08. The normalized spacial score (nSPS) is 16.0. The Bertz CT molecular complexity index is 1020. The summed E-state index contributed by atoms with van der Waals surface area (Å²) in [5.41, 5.74) is 1.53. The number of hydrogen-bond donors (Lipinski definition) is 2. The molecule has 0 bridgehead atoms. The third-order valence-electron chi connectivity index (χ3n) is 5.77. The highest BCUT2D eigenvalue weighted by Crippen LogP contribution is 2.28. The lowest BCUT2D eigenvalue weighted by Crippen LogP contribution is -2.49. The van der Waals surface area contributed by atoms with Crippen molar-refractivity contribution in [2.24, 2.45) is 0 Å². The SMILES string of the molecule is O=C1NCNc2c(CCOCCC(=O)N3CCN(c4ncc(C(F)(F)F)cn4)CC3)cccc21. The quantitative estimate of drug-likeness (QED) is 0.587. The maximum atomic E-state index is 12.7. The van der Waals surface area contributed by atoms with Crippen LogP contribution in [0.1, 0.15) is 27.9 Å². The molecule has 0 radical (unpaired) electrons. The summed E-state index contributed by atoms with van der Waals surface area (Å²) in [5, 5.41) is 5.91. The van der Waals surface area contributed by atoms with Crippen LogP contribution in [-0.4, -0.2) is 72.7 Å². The fraction of sp³-hybridized carbons (Fsp3) is 0.455. The van der Waals surface area contributed by atoms with Gasteiger partial charge in [-0.2, -0.15) is 13.2 Å². The van der Waals surface area contributed by atoms with Gasteiger partial charge in [-0.1, -0.05) is 12.1 Å². The van der Waals surface area contributed by atoms with E-state index >= 15 is 0 Å². The standard InChI is InChI=1S/C22H25F3N6O3/c23-22(24,25)16-12-26-21(27-13-16)31-8-6-30(7-9-31)18(32)5-11-34-10-4-15-2-1-3-17-19(15)28-14-29-20(17)33/h1-3,12-13,28H,4-11,14H2,(H,29,33). The summed E-state index contributed by atoms with van der Waals surface area (Å²) in [6, 6.07) is 5.54. The number of alkyl halides is 3. The molecule has 1 fully saturated rings. The summed E-state index contributed by atoms with van der Waals surface area (Å²) in [7, 11) is 0. The fourth-order valence-corrected chi connectivity index (χ4v) is 3.90. The monoisotopic (exact) mass is 478 g/mol. The van der Waals surface area contributed by atoms with E-state index in [4.69, 9.17) is 4.74 Å². The molecule has 9 nitrogen and oxygen atoms in total. The number of fused-ring (bicyclic) bond motifs is 1. The zero-order valence-corrected chi connectivity index (χ0v) is 18.4. The van der Waals surface area contributed by atoms with Crippen LogP contribution in [0.25, 0.3) is 0 Å². The maximum absolute atomic E-state index is 12.7. The molecule has 3 heterocycles. The molecule has 12 heteroatoms. The number of nitrogens with zero attached hydrogens (tertiary/aromatic N) is 4. The van der Waals surface area contributed by atoms with Crippen LogP contribution in [0.2, 0.25) is 0 Å². The van der Waals surface area contributed by atoms with Crippen molar-refractivity contribution in [2.75, 3.05) is 56.3 Å². The Morgan fingerprint density at radius 2 is 1.79 bits per heavy atom. The molecule has 2 amide bonds. The number of amides is 2. The third kappa shape index (κ3) is 5.56. The van der Waals surface area contributed by atoms with Gasteiger partial charge in [-0.25, -0.2) is 9.97 Å². The Kier molecular flexibility index (Phi) is 7.15. The summed E-state index contributed by atoms with van der Waals surface area (Å²) >= 11 is 0. The molecule has 1 saturated heterocycles. The Labute approximate surface area is 194 Å². The number of carbonyl (C=O) groups excluding carboxylic acids is 2. The Balaban J connectivity index is 1.17. The molecule has 2 aromatic rings. The van der Waals surface area contributed by atoms with Gasteiger partial charge in [0, 0.05) is 38.6 Å². The summed E-state index contributed by atoms with van der Waals surface area (Å²) in [4.78, 5) is 35.5. The van der Waals surface area contributed by atoms with Gasteiger partial charge in [0.1, 0.15) is 0 Å². The Morgan fingerprint density at radius 1 is 1.06 bits per heavy atom. The van der Waals surface area contributed by atoms with Gasteiger partial charge < -0.3 is 25.2 Å². The highest BCUT2D eigenvalue weighted by atomic mass is 19.4. The zero-order chi connectivity index (χ0) is 24.1. The molecule has 0 unspecified atom stereocenters. The lowest BCUT2D eigenvalue weighted by atomic mass is 10.0. The molecular formula is C22H25F3N6O3. The van der Waals surface area contributed by atoms with Crippen LogP contribution in [-0.2, 0) is 22.1 Å². The van der Waals surface area contributed by atoms with Crippen molar-refractivity contribution < 1.29 is 27.5 Å². The van der Waals surface area contributed by atoms with Crippen LogP contribution >= 0.6 is 0 Å². The number of hydrogen-bond acceptors (Lipinski definition) is 7. The molecule has 182 valence electrons. The molecule has 2 N–H and O–H groups in total. The van der Waals surface area contributed by atoms with E-state index in [9.17, 15) is 22.8 Å². The first-order chi connectivity index (χ1) is 16.3. The molecule has 2 aliphatic rings. The van der Waals surface area contributed by atoms with E-state index in [0.717, 1.165) is 23.6 Å². The van der Waals surface area contributed by atoms with Gasteiger partial charge in [0.2, 0.25) is 11.9 Å². The first kappa shape index (κ1) is 23.7. The number of carbonyl (C=O) groups is 2. The van der Waals surface area contributed by atoms with E-state index in [1.54, 1.807) is 15.9 Å². The average Bonchev–Trinajstić information content (AvgIpc) is 2.84.